The highest BCUT2D eigenvalue weighted by molar-refractivity contribution is 9.10. The van der Waals surface area contributed by atoms with Gasteiger partial charge in [-0.15, -0.1) is 0 Å². The monoisotopic (exact) mass is 305 g/mol. The predicted octanol–water partition coefficient (Wildman–Crippen LogP) is 3.29. The molecule has 92 valence electrons. The van der Waals surface area contributed by atoms with E-state index in [1.165, 1.54) is 11.1 Å². The van der Waals surface area contributed by atoms with Crippen LogP contribution in [-0.2, 0) is 12.8 Å². The van der Waals surface area contributed by atoms with E-state index in [0.29, 0.717) is 5.69 Å². The van der Waals surface area contributed by atoms with Gasteiger partial charge in [0.05, 0.1) is 0 Å². The lowest BCUT2D eigenvalue weighted by atomic mass is 10.1. The van der Waals surface area contributed by atoms with E-state index in [2.05, 4.69) is 28.1 Å². The zero-order chi connectivity index (χ0) is 12.7. The molecular weight excluding hydrogens is 294 g/mol. The Bertz CT molecular complexity index is 593. The van der Waals surface area contributed by atoms with Crippen molar-refractivity contribution < 1.29 is 9.90 Å². The topological polar surface area (TPSA) is 42.2 Å². The van der Waals surface area contributed by atoms with Crippen molar-refractivity contribution >= 4 is 21.9 Å². The van der Waals surface area contributed by atoms with E-state index < -0.39 is 5.97 Å². The molecule has 0 unspecified atom stereocenters. The maximum absolute atomic E-state index is 11.2. The lowest BCUT2D eigenvalue weighted by molar-refractivity contribution is 0.0682. The van der Waals surface area contributed by atoms with E-state index in [0.717, 1.165) is 17.3 Å². The van der Waals surface area contributed by atoms with Crippen molar-refractivity contribution in [2.45, 2.75) is 18.9 Å². The Kier molecular flexibility index (Phi) is 2.74. The van der Waals surface area contributed by atoms with E-state index in [4.69, 9.17) is 0 Å². The average Bonchev–Trinajstić information content (AvgIpc) is 2.91. The van der Waals surface area contributed by atoms with E-state index in [9.17, 15) is 9.90 Å². The number of fused-ring (bicyclic) bond motifs is 1. The van der Waals surface area contributed by atoms with Crippen LogP contribution in [0.2, 0.25) is 0 Å². The van der Waals surface area contributed by atoms with Gasteiger partial charge in [-0.3, -0.25) is 0 Å². The van der Waals surface area contributed by atoms with Crippen molar-refractivity contribution in [1.82, 2.24) is 4.57 Å². The summed E-state index contributed by atoms with van der Waals surface area (Å²) in [5, 5.41) is 9.21. The Morgan fingerprint density at radius 3 is 2.44 bits per heavy atom. The van der Waals surface area contributed by atoms with Gasteiger partial charge >= 0.3 is 5.97 Å². The molecule has 0 spiro atoms. The first-order chi connectivity index (χ1) is 8.65. The highest BCUT2D eigenvalue weighted by atomic mass is 79.9. The Morgan fingerprint density at radius 1 is 1.28 bits per heavy atom. The summed E-state index contributed by atoms with van der Waals surface area (Å²) in [6.07, 6.45) is 3.66. The van der Waals surface area contributed by atoms with Crippen LogP contribution in [0.4, 0.5) is 0 Å². The number of aromatic nitrogens is 1. The van der Waals surface area contributed by atoms with Gasteiger partial charge in [-0.05, 0) is 46.0 Å². The van der Waals surface area contributed by atoms with Crippen LogP contribution in [0.3, 0.4) is 0 Å². The highest BCUT2D eigenvalue weighted by Gasteiger charge is 2.25. The summed E-state index contributed by atoms with van der Waals surface area (Å²) < 4.78 is 2.68. The number of hydrogen-bond acceptors (Lipinski definition) is 1. The Morgan fingerprint density at radius 2 is 1.89 bits per heavy atom. The van der Waals surface area contributed by atoms with Crippen LogP contribution in [0.1, 0.15) is 27.7 Å². The highest BCUT2D eigenvalue weighted by Crippen LogP contribution is 2.32. The first-order valence-electron chi connectivity index (χ1n) is 5.82. The van der Waals surface area contributed by atoms with Gasteiger partial charge in [0.2, 0.25) is 0 Å². The maximum atomic E-state index is 11.2. The third kappa shape index (κ3) is 1.86. The second kappa shape index (κ2) is 4.28. The summed E-state index contributed by atoms with van der Waals surface area (Å²) >= 11 is 3.35. The first-order valence-corrected chi connectivity index (χ1v) is 6.62. The molecule has 0 bridgehead atoms. The molecule has 1 aliphatic rings. The molecule has 0 amide bonds. The number of benzene rings is 1. The molecular formula is C14H12BrNO2. The summed E-state index contributed by atoms with van der Waals surface area (Å²) in [5.41, 5.74) is 2.99. The number of halogens is 1. The van der Waals surface area contributed by atoms with E-state index in [-0.39, 0.29) is 6.04 Å². The molecule has 0 atom stereocenters. The van der Waals surface area contributed by atoms with Crippen LogP contribution in [0.5, 0.6) is 0 Å². The van der Waals surface area contributed by atoms with Crippen LogP contribution in [0.25, 0.3) is 0 Å². The molecule has 0 saturated heterocycles. The molecule has 3 rings (SSSR count). The summed E-state index contributed by atoms with van der Waals surface area (Å²) in [4.78, 5) is 11.2. The quantitative estimate of drug-likeness (QED) is 0.925. The molecule has 4 heteroatoms. The fourth-order valence-electron chi connectivity index (χ4n) is 2.65. The fraction of sp³-hybridized carbons (Fsp3) is 0.214. The molecule has 1 aliphatic carbocycles. The molecule has 0 radical (unpaired) electrons. The summed E-state index contributed by atoms with van der Waals surface area (Å²) in [6.45, 7) is 0. The number of carboxylic acid groups (broad SMARTS) is 1. The summed E-state index contributed by atoms with van der Waals surface area (Å²) in [5.74, 6) is -0.878. The van der Waals surface area contributed by atoms with Crippen LogP contribution in [-0.4, -0.2) is 15.6 Å². The zero-order valence-electron chi connectivity index (χ0n) is 9.64. The van der Waals surface area contributed by atoms with Crippen LogP contribution >= 0.6 is 15.9 Å². The Balaban J connectivity index is 1.97. The lowest BCUT2D eigenvalue weighted by Gasteiger charge is -2.13. The minimum Gasteiger partial charge on any atom is -0.477 e. The first kappa shape index (κ1) is 11.5. The third-order valence-electron chi connectivity index (χ3n) is 3.46. The molecule has 1 aromatic carbocycles. The van der Waals surface area contributed by atoms with Gasteiger partial charge in [0.25, 0.3) is 0 Å². The third-order valence-corrected chi connectivity index (χ3v) is 3.89. The van der Waals surface area contributed by atoms with Gasteiger partial charge in [0, 0.05) is 16.7 Å². The van der Waals surface area contributed by atoms with Gasteiger partial charge < -0.3 is 9.67 Å². The predicted molar refractivity (Wildman–Crippen MR) is 72.0 cm³/mol. The van der Waals surface area contributed by atoms with Crippen molar-refractivity contribution in [3.8, 4) is 0 Å². The molecule has 0 fully saturated rings. The molecule has 3 nitrogen and oxygen atoms in total. The van der Waals surface area contributed by atoms with Crippen molar-refractivity contribution in [3.05, 3.63) is 57.8 Å². The number of carbonyl (C=O) groups is 1. The van der Waals surface area contributed by atoms with Crippen LogP contribution < -0.4 is 0 Å². The molecule has 1 N–H and O–H groups in total. The number of aromatic carboxylic acids is 1. The van der Waals surface area contributed by atoms with Crippen molar-refractivity contribution in [3.63, 3.8) is 0 Å². The molecule has 1 aromatic heterocycles. The molecule has 2 aromatic rings. The van der Waals surface area contributed by atoms with Crippen molar-refractivity contribution in [2.75, 3.05) is 0 Å². The Labute approximate surface area is 113 Å². The maximum Gasteiger partial charge on any atom is 0.352 e. The molecule has 0 aliphatic heterocycles. The minimum absolute atomic E-state index is 0.208. The molecule has 18 heavy (non-hydrogen) atoms. The molecule has 0 saturated carbocycles. The normalized spacial score (nSPS) is 14.7. The van der Waals surface area contributed by atoms with Gasteiger partial charge in [0.1, 0.15) is 5.69 Å². The number of rotatable bonds is 2. The SMILES string of the molecule is O=C(O)c1cc(Br)cn1C1Cc2ccccc2C1. The van der Waals surface area contributed by atoms with E-state index in [1.54, 1.807) is 6.07 Å². The van der Waals surface area contributed by atoms with Crippen molar-refractivity contribution in [2.24, 2.45) is 0 Å². The zero-order valence-corrected chi connectivity index (χ0v) is 11.2. The van der Waals surface area contributed by atoms with Gasteiger partial charge in [0.15, 0.2) is 0 Å². The average molecular weight is 306 g/mol. The van der Waals surface area contributed by atoms with E-state index in [1.807, 2.05) is 22.9 Å². The lowest BCUT2D eigenvalue weighted by Crippen LogP contribution is -2.14. The smallest absolute Gasteiger partial charge is 0.352 e. The second-order valence-electron chi connectivity index (χ2n) is 4.59. The van der Waals surface area contributed by atoms with Crippen LogP contribution in [0, 0.1) is 0 Å². The fourth-order valence-corrected chi connectivity index (χ4v) is 3.09. The standard InChI is InChI=1S/C14H12BrNO2/c15-11-7-13(14(17)18)16(8-11)12-5-9-3-1-2-4-10(9)6-12/h1-4,7-8,12H,5-6H2,(H,17,18). The van der Waals surface area contributed by atoms with Gasteiger partial charge in [-0.2, -0.15) is 0 Å². The largest absolute Gasteiger partial charge is 0.477 e. The van der Waals surface area contributed by atoms with Crippen molar-refractivity contribution in [1.29, 1.82) is 0 Å². The number of nitrogens with zero attached hydrogens (tertiary/aromatic N) is 1. The summed E-state index contributed by atoms with van der Waals surface area (Å²) in [7, 11) is 0. The van der Waals surface area contributed by atoms with Gasteiger partial charge in [-0.1, -0.05) is 24.3 Å². The molecule has 1 heterocycles. The van der Waals surface area contributed by atoms with Gasteiger partial charge in [-0.25, -0.2) is 4.79 Å². The second-order valence-corrected chi connectivity index (χ2v) is 5.50. The minimum atomic E-state index is -0.878. The van der Waals surface area contributed by atoms with Crippen LogP contribution in [0.15, 0.2) is 41.0 Å². The van der Waals surface area contributed by atoms with E-state index >= 15 is 0 Å². The summed E-state index contributed by atoms with van der Waals surface area (Å²) in [6, 6.07) is 10.2. The number of carboxylic acids is 1. The number of hydrogen-bond donors (Lipinski definition) is 1. The Hall–Kier alpha value is -1.55.